The number of hydrogen-bond acceptors (Lipinski definition) is 1. The van der Waals surface area contributed by atoms with Gasteiger partial charge >= 0.3 is 0 Å². The summed E-state index contributed by atoms with van der Waals surface area (Å²) in [5.41, 5.74) is 9.76. The minimum Gasteiger partial charge on any atom is -0.350 e. The highest BCUT2D eigenvalue weighted by molar-refractivity contribution is 5.84. The molecule has 0 amide bonds. The Morgan fingerprint density at radius 1 is 1.29 bits per heavy atom. The maximum atomic E-state index is 5.60. The summed E-state index contributed by atoms with van der Waals surface area (Å²) >= 11 is 0. The van der Waals surface area contributed by atoms with Crippen molar-refractivity contribution < 1.29 is 0 Å². The molecular formula is C15H22N2. The number of nitrogens with zero attached hydrogens (tertiary/aromatic N) is 1. The molecule has 0 aliphatic carbocycles. The van der Waals surface area contributed by atoms with Gasteiger partial charge in [0.2, 0.25) is 0 Å². The van der Waals surface area contributed by atoms with Crippen LogP contribution in [-0.2, 0) is 13.5 Å². The van der Waals surface area contributed by atoms with E-state index in [1.165, 1.54) is 22.0 Å². The van der Waals surface area contributed by atoms with Crippen molar-refractivity contribution in [2.75, 3.05) is 6.54 Å². The molecule has 1 heterocycles. The molecule has 0 radical (unpaired) electrons. The summed E-state index contributed by atoms with van der Waals surface area (Å²) in [5.74, 6) is 0.585. The second-order valence-electron chi connectivity index (χ2n) is 5.09. The summed E-state index contributed by atoms with van der Waals surface area (Å²) in [5, 5.41) is 1.40. The van der Waals surface area contributed by atoms with Gasteiger partial charge in [0.1, 0.15) is 0 Å². The van der Waals surface area contributed by atoms with Crippen LogP contribution >= 0.6 is 0 Å². The fourth-order valence-corrected chi connectivity index (χ4v) is 2.34. The molecule has 0 spiro atoms. The smallest absolute Gasteiger partial charge is 0.0480 e. The molecule has 2 aromatic rings. The van der Waals surface area contributed by atoms with Crippen LogP contribution in [-0.4, -0.2) is 11.1 Å². The zero-order chi connectivity index (χ0) is 12.4. The van der Waals surface area contributed by atoms with Gasteiger partial charge < -0.3 is 10.3 Å². The van der Waals surface area contributed by atoms with Crippen LogP contribution in [0, 0.1) is 0 Å². The van der Waals surface area contributed by atoms with E-state index in [-0.39, 0.29) is 0 Å². The van der Waals surface area contributed by atoms with Crippen LogP contribution in [0.5, 0.6) is 0 Å². The van der Waals surface area contributed by atoms with Gasteiger partial charge in [-0.2, -0.15) is 0 Å². The van der Waals surface area contributed by atoms with Crippen molar-refractivity contribution in [2.24, 2.45) is 12.8 Å². The second kappa shape index (κ2) is 4.92. The molecule has 0 bridgehead atoms. The third kappa shape index (κ3) is 2.37. The number of rotatable bonds is 4. The molecule has 2 heteroatoms. The van der Waals surface area contributed by atoms with Crippen molar-refractivity contribution >= 4 is 10.9 Å². The molecule has 17 heavy (non-hydrogen) atoms. The topological polar surface area (TPSA) is 30.9 Å². The molecule has 92 valence electrons. The van der Waals surface area contributed by atoms with Gasteiger partial charge in [-0.1, -0.05) is 19.9 Å². The molecule has 1 aromatic carbocycles. The van der Waals surface area contributed by atoms with E-state index in [4.69, 9.17) is 5.73 Å². The van der Waals surface area contributed by atoms with Gasteiger partial charge in [-0.15, -0.1) is 0 Å². The summed E-state index contributed by atoms with van der Waals surface area (Å²) < 4.78 is 2.21. The van der Waals surface area contributed by atoms with E-state index in [0.717, 1.165) is 19.4 Å². The number of hydrogen-bond donors (Lipinski definition) is 1. The lowest BCUT2D eigenvalue weighted by molar-refractivity contribution is 0.830. The highest BCUT2D eigenvalue weighted by Gasteiger charge is 2.08. The van der Waals surface area contributed by atoms with Crippen molar-refractivity contribution in [3.05, 3.63) is 35.5 Å². The van der Waals surface area contributed by atoms with Crippen LogP contribution in [0.1, 0.15) is 37.3 Å². The molecule has 0 saturated heterocycles. The molecule has 0 atom stereocenters. The average molecular weight is 230 g/mol. The van der Waals surface area contributed by atoms with E-state index in [2.05, 4.69) is 49.9 Å². The van der Waals surface area contributed by atoms with E-state index in [0.29, 0.717) is 5.92 Å². The summed E-state index contributed by atoms with van der Waals surface area (Å²) in [4.78, 5) is 0. The van der Waals surface area contributed by atoms with Gasteiger partial charge in [-0.25, -0.2) is 0 Å². The standard InChI is InChI=1S/C15H22N2/c1-11(2)12-6-7-15-14(9-12)13(5-4-8-16)10-17(15)3/h6-7,9-11H,4-5,8,16H2,1-3H3. The van der Waals surface area contributed by atoms with Gasteiger partial charge in [0, 0.05) is 24.1 Å². The first-order valence-electron chi connectivity index (χ1n) is 6.41. The van der Waals surface area contributed by atoms with Crippen molar-refractivity contribution in [3.63, 3.8) is 0 Å². The molecule has 0 unspecified atom stereocenters. The van der Waals surface area contributed by atoms with Crippen molar-refractivity contribution in [2.45, 2.75) is 32.6 Å². The second-order valence-corrected chi connectivity index (χ2v) is 5.09. The lowest BCUT2D eigenvalue weighted by atomic mass is 9.99. The number of benzene rings is 1. The maximum Gasteiger partial charge on any atom is 0.0480 e. The first-order valence-corrected chi connectivity index (χ1v) is 6.41. The predicted molar refractivity (Wildman–Crippen MR) is 74.4 cm³/mol. The first kappa shape index (κ1) is 12.2. The number of nitrogens with two attached hydrogens (primary N) is 1. The minimum atomic E-state index is 0.585. The number of aryl methyl sites for hydroxylation is 2. The van der Waals surface area contributed by atoms with E-state index >= 15 is 0 Å². The summed E-state index contributed by atoms with van der Waals surface area (Å²) in [6, 6.07) is 6.81. The van der Waals surface area contributed by atoms with E-state index < -0.39 is 0 Å². The van der Waals surface area contributed by atoms with Crippen molar-refractivity contribution in [3.8, 4) is 0 Å². The monoisotopic (exact) mass is 230 g/mol. The highest BCUT2D eigenvalue weighted by atomic mass is 14.9. The quantitative estimate of drug-likeness (QED) is 0.859. The molecule has 2 nitrogen and oxygen atoms in total. The Hall–Kier alpha value is -1.28. The van der Waals surface area contributed by atoms with Gasteiger partial charge in [0.25, 0.3) is 0 Å². The molecule has 2 rings (SSSR count). The van der Waals surface area contributed by atoms with Gasteiger partial charge in [-0.3, -0.25) is 0 Å². The van der Waals surface area contributed by atoms with Crippen molar-refractivity contribution in [1.82, 2.24) is 4.57 Å². The van der Waals surface area contributed by atoms with E-state index in [9.17, 15) is 0 Å². The van der Waals surface area contributed by atoms with Gasteiger partial charge in [-0.05, 0) is 48.6 Å². The lowest BCUT2D eigenvalue weighted by Crippen LogP contribution is -2.00. The molecule has 1 aromatic heterocycles. The van der Waals surface area contributed by atoms with Gasteiger partial charge in [0.15, 0.2) is 0 Å². The van der Waals surface area contributed by atoms with E-state index in [1.807, 2.05) is 0 Å². The fraction of sp³-hybridized carbons (Fsp3) is 0.467. The highest BCUT2D eigenvalue weighted by Crippen LogP contribution is 2.26. The summed E-state index contributed by atoms with van der Waals surface area (Å²) in [6.45, 7) is 5.24. The van der Waals surface area contributed by atoms with Crippen molar-refractivity contribution in [1.29, 1.82) is 0 Å². The Balaban J connectivity index is 2.48. The van der Waals surface area contributed by atoms with Crippen LogP contribution in [0.15, 0.2) is 24.4 Å². The molecule has 0 fully saturated rings. The number of aromatic nitrogens is 1. The first-order chi connectivity index (χ1) is 8.13. The predicted octanol–water partition coefficient (Wildman–Crippen LogP) is 3.19. The Bertz CT molecular complexity index is 509. The lowest BCUT2D eigenvalue weighted by Gasteiger charge is -2.06. The minimum absolute atomic E-state index is 0.585. The third-order valence-corrected chi connectivity index (χ3v) is 3.41. The molecular weight excluding hydrogens is 208 g/mol. The Labute approximate surface area is 103 Å². The SMILES string of the molecule is CC(C)c1ccc2c(c1)c(CCCN)cn2C. The van der Waals surface area contributed by atoms with E-state index in [1.54, 1.807) is 0 Å². The summed E-state index contributed by atoms with van der Waals surface area (Å²) in [7, 11) is 2.11. The molecule has 0 aliphatic rings. The fourth-order valence-electron chi connectivity index (χ4n) is 2.34. The largest absolute Gasteiger partial charge is 0.350 e. The Morgan fingerprint density at radius 2 is 2.06 bits per heavy atom. The maximum absolute atomic E-state index is 5.60. The van der Waals surface area contributed by atoms with Crippen LogP contribution in [0.3, 0.4) is 0 Å². The molecule has 0 saturated carbocycles. The zero-order valence-corrected chi connectivity index (χ0v) is 11.0. The van der Waals surface area contributed by atoms with Crippen LogP contribution < -0.4 is 5.73 Å². The Kier molecular flexibility index (Phi) is 3.53. The molecule has 2 N–H and O–H groups in total. The van der Waals surface area contributed by atoms with Crippen LogP contribution in [0.25, 0.3) is 10.9 Å². The Morgan fingerprint density at radius 3 is 2.71 bits per heavy atom. The van der Waals surface area contributed by atoms with Crippen LogP contribution in [0.2, 0.25) is 0 Å². The third-order valence-electron chi connectivity index (χ3n) is 3.41. The molecule has 0 aliphatic heterocycles. The average Bonchev–Trinajstić information content (AvgIpc) is 2.63. The van der Waals surface area contributed by atoms with Gasteiger partial charge in [0.05, 0.1) is 0 Å². The zero-order valence-electron chi connectivity index (χ0n) is 11.0. The normalized spacial score (nSPS) is 11.6. The summed E-state index contributed by atoms with van der Waals surface area (Å²) in [6.07, 6.45) is 4.38. The number of fused-ring (bicyclic) bond motifs is 1. The van der Waals surface area contributed by atoms with Crippen LogP contribution in [0.4, 0.5) is 0 Å².